The third-order valence-corrected chi connectivity index (χ3v) is 5.79. The predicted octanol–water partition coefficient (Wildman–Crippen LogP) is 4.28. The summed E-state index contributed by atoms with van der Waals surface area (Å²) in [4.78, 5) is 7.77. The zero-order valence-corrected chi connectivity index (χ0v) is 17.5. The molecule has 0 aliphatic carbocycles. The number of rotatable bonds is 7. The Balaban J connectivity index is 1.64. The third kappa shape index (κ3) is 3.86. The molecule has 1 aromatic carbocycles. The molecule has 7 heteroatoms. The van der Waals surface area contributed by atoms with Gasteiger partial charge in [0.05, 0.1) is 51.0 Å². The molecule has 1 N–H and O–H groups in total. The van der Waals surface area contributed by atoms with Gasteiger partial charge in [0.1, 0.15) is 17.2 Å². The summed E-state index contributed by atoms with van der Waals surface area (Å²) >= 11 is 1.76. The number of nitrogens with zero attached hydrogens (tertiary/aromatic N) is 2. The van der Waals surface area contributed by atoms with Crippen LogP contribution in [0.15, 0.2) is 54.3 Å². The average Bonchev–Trinajstić information content (AvgIpc) is 3.26. The van der Waals surface area contributed by atoms with Gasteiger partial charge in [-0.25, -0.2) is 0 Å². The second-order valence-corrected chi connectivity index (χ2v) is 7.50. The van der Waals surface area contributed by atoms with E-state index in [0.717, 1.165) is 35.0 Å². The van der Waals surface area contributed by atoms with Crippen LogP contribution < -0.4 is 24.4 Å². The van der Waals surface area contributed by atoms with Crippen molar-refractivity contribution in [1.82, 2.24) is 10.3 Å². The van der Waals surface area contributed by atoms with Gasteiger partial charge in [-0.05, 0) is 23.6 Å². The largest absolute Gasteiger partial charge is 0.496 e. The van der Waals surface area contributed by atoms with Crippen LogP contribution in [0.3, 0.4) is 0 Å². The van der Waals surface area contributed by atoms with Crippen LogP contribution in [0.25, 0.3) is 5.70 Å². The van der Waals surface area contributed by atoms with Gasteiger partial charge in [0, 0.05) is 41.5 Å². The summed E-state index contributed by atoms with van der Waals surface area (Å²) in [7, 11) is 4.93. The quantitative estimate of drug-likeness (QED) is 0.629. The Morgan fingerprint density at radius 3 is 2.55 bits per heavy atom. The van der Waals surface area contributed by atoms with E-state index in [1.807, 2.05) is 24.4 Å². The maximum absolute atomic E-state index is 5.58. The zero-order chi connectivity index (χ0) is 20.2. The van der Waals surface area contributed by atoms with Gasteiger partial charge in [0.25, 0.3) is 0 Å². The number of pyridine rings is 1. The van der Waals surface area contributed by atoms with Crippen molar-refractivity contribution in [2.45, 2.75) is 13.1 Å². The highest BCUT2D eigenvalue weighted by Gasteiger charge is 2.21. The molecule has 3 aromatic rings. The van der Waals surface area contributed by atoms with Crippen LogP contribution in [0.2, 0.25) is 0 Å². The molecule has 150 valence electrons. The Hall–Kier alpha value is -3.19. The van der Waals surface area contributed by atoms with Crippen molar-refractivity contribution in [3.63, 3.8) is 0 Å². The highest BCUT2D eigenvalue weighted by Crippen LogP contribution is 2.36. The summed E-state index contributed by atoms with van der Waals surface area (Å²) in [6.07, 6.45) is 5.80. The molecule has 4 rings (SSSR count). The molecule has 0 radical (unpaired) electrons. The number of anilines is 1. The van der Waals surface area contributed by atoms with Crippen molar-refractivity contribution in [2.24, 2.45) is 0 Å². The Morgan fingerprint density at radius 2 is 1.90 bits per heavy atom. The van der Waals surface area contributed by atoms with Gasteiger partial charge >= 0.3 is 0 Å². The van der Waals surface area contributed by atoms with E-state index in [0.29, 0.717) is 12.3 Å². The number of nitrogens with one attached hydrogen (secondary N) is 1. The first kappa shape index (κ1) is 19.1. The number of aromatic nitrogens is 1. The first-order chi connectivity index (χ1) is 14.2. The molecule has 2 aromatic heterocycles. The second-order valence-electron chi connectivity index (χ2n) is 6.50. The molecule has 0 amide bonds. The van der Waals surface area contributed by atoms with Crippen molar-refractivity contribution < 1.29 is 14.2 Å². The summed E-state index contributed by atoms with van der Waals surface area (Å²) in [5.41, 5.74) is 4.27. The molecule has 6 nitrogen and oxygen atoms in total. The van der Waals surface area contributed by atoms with E-state index in [1.54, 1.807) is 38.9 Å². The Labute approximate surface area is 174 Å². The average molecular weight is 410 g/mol. The minimum absolute atomic E-state index is 0.554. The molecule has 29 heavy (non-hydrogen) atoms. The Bertz CT molecular complexity index is 992. The Morgan fingerprint density at radius 1 is 1.10 bits per heavy atom. The molecule has 0 saturated heterocycles. The Kier molecular flexibility index (Phi) is 5.57. The number of methoxy groups -OCH3 is 3. The molecule has 1 aliphatic rings. The van der Waals surface area contributed by atoms with Gasteiger partial charge < -0.3 is 24.4 Å². The predicted molar refractivity (Wildman–Crippen MR) is 116 cm³/mol. The van der Waals surface area contributed by atoms with Crippen molar-refractivity contribution >= 4 is 22.7 Å². The first-order valence-corrected chi connectivity index (χ1v) is 10.1. The van der Waals surface area contributed by atoms with Gasteiger partial charge in [-0.3, -0.25) is 4.98 Å². The van der Waals surface area contributed by atoms with Crippen molar-refractivity contribution in [3.8, 4) is 17.2 Å². The second kappa shape index (κ2) is 8.45. The smallest absolute Gasteiger partial charge is 0.131 e. The van der Waals surface area contributed by atoms with Crippen LogP contribution in [0.5, 0.6) is 17.2 Å². The summed E-state index contributed by atoms with van der Waals surface area (Å²) in [6.45, 7) is 1.39. The van der Waals surface area contributed by atoms with Crippen LogP contribution >= 0.6 is 11.3 Å². The first-order valence-electron chi connectivity index (χ1n) is 9.21. The van der Waals surface area contributed by atoms with Crippen LogP contribution in [0, 0.1) is 0 Å². The van der Waals surface area contributed by atoms with E-state index in [4.69, 9.17) is 14.2 Å². The minimum atomic E-state index is 0.554. The topological polar surface area (TPSA) is 55.9 Å². The number of ether oxygens (including phenoxy) is 3. The van der Waals surface area contributed by atoms with Gasteiger partial charge in [0.2, 0.25) is 0 Å². The maximum Gasteiger partial charge on any atom is 0.131 e. The summed E-state index contributed by atoms with van der Waals surface area (Å²) in [6, 6.07) is 9.91. The van der Waals surface area contributed by atoms with E-state index >= 15 is 0 Å². The summed E-state index contributed by atoms with van der Waals surface area (Å²) in [5, 5.41) is 5.70. The maximum atomic E-state index is 5.58. The molecular formula is C22H23N3O3S. The van der Waals surface area contributed by atoms with E-state index in [1.165, 1.54) is 10.4 Å². The summed E-state index contributed by atoms with van der Waals surface area (Å²) < 4.78 is 16.5. The van der Waals surface area contributed by atoms with Crippen molar-refractivity contribution in [2.75, 3.05) is 26.2 Å². The zero-order valence-electron chi connectivity index (χ0n) is 16.6. The standard InChI is InChI=1S/C22H23N3O3S/c1-26-16-9-20(27-2)18(21(10-16)28-3)12-24-19-13-25(15-5-4-7-23-11-15)14-22-17(19)6-8-29-22/h4-11,13,24H,12,14H2,1-3H3. The van der Waals surface area contributed by atoms with Crippen LogP contribution in [-0.2, 0) is 13.1 Å². The molecule has 0 spiro atoms. The molecule has 0 fully saturated rings. The highest BCUT2D eigenvalue weighted by molar-refractivity contribution is 7.10. The fourth-order valence-corrected chi connectivity index (χ4v) is 4.28. The molecule has 3 heterocycles. The lowest BCUT2D eigenvalue weighted by Gasteiger charge is -2.27. The fraction of sp³-hybridized carbons (Fsp3) is 0.227. The van der Waals surface area contributed by atoms with Crippen molar-refractivity contribution in [3.05, 3.63) is 70.3 Å². The van der Waals surface area contributed by atoms with E-state index in [-0.39, 0.29) is 0 Å². The van der Waals surface area contributed by atoms with Crippen LogP contribution in [0.4, 0.5) is 5.69 Å². The lowest BCUT2D eigenvalue weighted by molar-refractivity contribution is 0.368. The normalized spacial score (nSPS) is 12.8. The van der Waals surface area contributed by atoms with Crippen molar-refractivity contribution in [1.29, 1.82) is 0 Å². The van der Waals surface area contributed by atoms with Crippen LogP contribution in [0.1, 0.15) is 16.0 Å². The lowest BCUT2D eigenvalue weighted by Crippen LogP contribution is -2.25. The number of fused-ring (bicyclic) bond motifs is 1. The molecule has 1 aliphatic heterocycles. The van der Waals surface area contributed by atoms with E-state index < -0.39 is 0 Å². The molecule has 0 unspecified atom stereocenters. The SMILES string of the molecule is COc1cc(OC)c(CNC2=CN(c3cccnc3)Cc3sccc32)c(OC)c1. The minimum Gasteiger partial charge on any atom is -0.496 e. The number of benzene rings is 1. The van der Waals surface area contributed by atoms with Gasteiger partial charge in [-0.1, -0.05) is 0 Å². The van der Waals surface area contributed by atoms with E-state index in [2.05, 4.69) is 38.9 Å². The molecule has 0 atom stereocenters. The number of hydrogen-bond donors (Lipinski definition) is 1. The van der Waals surface area contributed by atoms with Gasteiger partial charge in [0.15, 0.2) is 0 Å². The van der Waals surface area contributed by atoms with Crippen LogP contribution in [-0.4, -0.2) is 26.3 Å². The molecule has 0 saturated carbocycles. The van der Waals surface area contributed by atoms with Gasteiger partial charge in [-0.15, -0.1) is 11.3 Å². The molecular weight excluding hydrogens is 386 g/mol. The number of hydrogen-bond acceptors (Lipinski definition) is 7. The fourth-order valence-electron chi connectivity index (χ4n) is 3.39. The number of thiophene rings is 1. The van der Waals surface area contributed by atoms with E-state index in [9.17, 15) is 0 Å². The summed E-state index contributed by atoms with van der Waals surface area (Å²) in [5.74, 6) is 2.14. The lowest BCUT2D eigenvalue weighted by atomic mass is 10.1. The monoisotopic (exact) mass is 409 g/mol. The third-order valence-electron chi connectivity index (χ3n) is 4.88. The highest BCUT2D eigenvalue weighted by atomic mass is 32.1. The molecule has 0 bridgehead atoms. The van der Waals surface area contributed by atoms with Gasteiger partial charge in [-0.2, -0.15) is 0 Å².